The Hall–Kier alpha value is -1.83. The third-order valence-corrected chi connectivity index (χ3v) is 2.58. The van der Waals surface area contributed by atoms with Crippen molar-refractivity contribution >= 4 is 11.6 Å². The van der Waals surface area contributed by atoms with E-state index in [9.17, 15) is 0 Å². The molecule has 0 unspecified atom stereocenters. The van der Waals surface area contributed by atoms with E-state index < -0.39 is 0 Å². The molecule has 1 aromatic rings. The van der Waals surface area contributed by atoms with E-state index in [1.165, 1.54) is 0 Å². The molecule has 0 saturated carbocycles. The minimum absolute atomic E-state index is 0.328. The van der Waals surface area contributed by atoms with Gasteiger partial charge >= 0.3 is 0 Å². The molecule has 0 aliphatic heterocycles. The fourth-order valence-electron chi connectivity index (χ4n) is 1.45. The van der Waals surface area contributed by atoms with Crippen LogP contribution in [0.5, 0.6) is 0 Å². The zero-order valence-corrected chi connectivity index (χ0v) is 10.7. The zero-order chi connectivity index (χ0) is 12.7. The van der Waals surface area contributed by atoms with Gasteiger partial charge in [-0.2, -0.15) is 5.26 Å². The van der Waals surface area contributed by atoms with E-state index in [1.54, 1.807) is 11.2 Å². The number of aromatic nitrogens is 2. The summed E-state index contributed by atoms with van der Waals surface area (Å²) in [7, 11) is 3.87. The number of unbranched alkanes of at least 4 members (excludes halogenated alkanes) is 1. The molecule has 0 aliphatic rings. The molecule has 92 valence electrons. The van der Waals surface area contributed by atoms with Crippen LogP contribution in [0, 0.1) is 11.3 Å². The molecule has 0 spiro atoms. The summed E-state index contributed by atoms with van der Waals surface area (Å²) < 4.78 is 0. The lowest BCUT2D eigenvalue weighted by atomic mass is 10.3. The van der Waals surface area contributed by atoms with E-state index in [4.69, 9.17) is 5.26 Å². The third kappa shape index (κ3) is 3.91. The largest absolute Gasteiger partial charge is 0.360 e. The first kappa shape index (κ1) is 13.2. The van der Waals surface area contributed by atoms with Crippen LogP contribution < -0.4 is 9.80 Å². The van der Waals surface area contributed by atoms with Crippen molar-refractivity contribution in [2.24, 2.45) is 0 Å². The molecule has 0 N–H and O–H groups in total. The van der Waals surface area contributed by atoms with Gasteiger partial charge in [0.05, 0.1) is 6.07 Å². The summed E-state index contributed by atoms with van der Waals surface area (Å²) >= 11 is 0. The standard InChI is InChI=1S/C12H19N5/c1-4-5-7-16(2)11-9-12(15-10-14-11)17(3)8-6-13/h9-10H,4-5,7-8H2,1-3H3. The number of nitriles is 1. The maximum absolute atomic E-state index is 8.65. The Morgan fingerprint density at radius 1 is 1.24 bits per heavy atom. The fourth-order valence-corrected chi connectivity index (χ4v) is 1.45. The van der Waals surface area contributed by atoms with E-state index in [2.05, 4.69) is 27.9 Å². The molecule has 0 fully saturated rings. The first-order valence-electron chi connectivity index (χ1n) is 5.80. The van der Waals surface area contributed by atoms with Crippen molar-refractivity contribution in [2.75, 3.05) is 37.0 Å². The molecule has 1 rings (SSSR count). The Balaban J connectivity index is 2.75. The van der Waals surface area contributed by atoms with Crippen LogP contribution in [0.25, 0.3) is 0 Å². The molecule has 1 aromatic heterocycles. The van der Waals surface area contributed by atoms with Gasteiger partial charge in [-0.25, -0.2) is 9.97 Å². The van der Waals surface area contributed by atoms with Gasteiger partial charge in [0.1, 0.15) is 24.5 Å². The molecule has 17 heavy (non-hydrogen) atoms. The Morgan fingerprint density at radius 2 is 1.88 bits per heavy atom. The van der Waals surface area contributed by atoms with Crippen LogP contribution in [-0.4, -0.2) is 37.2 Å². The second-order valence-electron chi connectivity index (χ2n) is 4.02. The summed E-state index contributed by atoms with van der Waals surface area (Å²) in [6, 6.07) is 4.01. The molecular weight excluding hydrogens is 214 g/mol. The van der Waals surface area contributed by atoms with Gasteiger partial charge in [0.2, 0.25) is 0 Å². The predicted molar refractivity (Wildman–Crippen MR) is 69.1 cm³/mol. The number of anilines is 2. The van der Waals surface area contributed by atoms with Gasteiger partial charge in [0.15, 0.2) is 0 Å². The van der Waals surface area contributed by atoms with Crippen molar-refractivity contribution in [3.8, 4) is 6.07 Å². The normalized spacial score (nSPS) is 9.76. The molecule has 0 saturated heterocycles. The van der Waals surface area contributed by atoms with E-state index in [1.807, 2.05) is 20.2 Å². The van der Waals surface area contributed by atoms with Gasteiger partial charge in [0.25, 0.3) is 0 Å². The molecule has 1 heterocycles. The minimum atomic E-state index is 0.328. The maximum Gasteiger partial charge on any atom is 0.134 e. The van der Waals surface area contributed by atoms with Gasteiger partial charge in [-0.3, -0.25) is 0 Å². The van der Waals surface area contributed by atoms with Crippen molar-refractivity contribution in [1.82, 2.24) is 9.97 Å². The summed E-state index contributed by atoms with van der Waals surface area (Å²) in [5.74, 6) is 1.67. The molecule has 0 amide bonds. The van der Waals surface area contributed by atoms with Gasteiger partial charge in [-0.15, -0.1) is 0 Å². The summed E-state index contributed by atoms with van der Waals surface area (Å²) in [6.07, 6.45) is 3.85. The monoisotopic (exact) mass is 233 g/mol. The van der Waals surface area contributed by atoms with E-state index >= 15 is 0 Å². The van der Waals surface area contributed by atoms with Gasteiger partial charge in [-0.05, 0) is 6.42 Å². The van der Waals surface area contributed by atoms with Crippen molar-refractivity contribution in [2.45, 2.75) is 19.8 Å². The smallest absolute Gasteiger partial charge is 0.134 e. The highest BCUT2D eigenvalue weighted by Gasteiger charge is 2.06. The van der Waals surface area contributed by atoms with Crippen LogP contribution in [0.3, 0.4) is 0 Å². The SMILES string of the molecule is CCCCN(C)c1cc(N(C)CC#N)ncn1. The van der Waals surface area contributed by atoms with Crippen molar-refractivity contribution in [1.29, 1.82) is 5.26 Å². The van der Waals surface area contributed by atoms with Crippen LogP contribution in [0.1, 0.15) is 19.8 Å². The highest BCUT2D eigenvalue weighted by Crippen LogP contribution is 2.15. The van der Waals surface area contributed by atoms with Crippen molar-refractivity contribution in [3.05, 3.63) is 12.4 Å². The quantitative estimate of drug-likeness (QED) is 0.700. The van der Waals surface area contributed by atoms with Crippen LogP contribution in [0.4, 0.5) is 11.6 Å². The molecule has 0 aromatic carbocycles. The van der Waals surface area contributed by atoms with Gasteiger partial charge in [0, 0.05) is 26.7 Å². The Kier molecular flexibility index (Phi) is 5.21. The molecular formula is C12H19N5. The predicted octanol–water partition coefficient (Wildman–Crippen LogP) is 1.67. The van der Waals surface area contributed by atoms with Crippen molar-refractivity contribution < 1.29 is 0 Å². The highest BCUT2D eigenvalue weighted by molar-refractivity contribution is 5.49. The molecule has 0 radical (unpaired) electrons. The second kappa shape index (κ2) is 6.69. The highest BCUT2D eigenvalue weighted by atomic mass is 15.2. The van der Waals surface area contributed by atoms with Gasteiger partial charge in [-0.1, -0.05) is 13.3 Å². The van der Waals surface area contributed by atoms with Gasteiger partial charge < -0.3 is 9.80 Å². The lowest BCUT2D eigenvalue weighted by Crippen LogP contribution is -2.22. The Bertz CT molecular complexity index is 385. The maximum atomic E-state index is 8.65. The molecule has 0 bridgehead atoms. The average molecular weight is 233 g/mol. The first-order valence-corrected chi connectivity index (χ1v) is 5.80. The number of hydrogen-bond acceptors (Lipinski definition) is 5. The summed E-state index contributed by atoms with van der Waals surface area (Å²) in [5.41, 5.74) is 0. The number of hydrogen-bond donors (Lipinski definition) is 0. The zero-order valence-electron chi connectivity index (χ0n) is 10.7. The summed E-state index contributed by atoms with van der Waals surface area (Å²) in [5, 5.41) is 8.65. The number of nitrogens with zero attached hydrogens (tertiary/aromatic N) is 5. The first-order chi connectivity index (χ1) is 8.19. The van der Waals surface area contributed by atoms with E-state index in [-0.39, 0.29) is 0 Å². The van der Waals surface area contributed by atoms with E-state index in [0.29, 0.717) is 6.54 Å². The summed E-state index contributed by atoms with van der Waals surface area (Å²) in [4.78, 5) is 12.3. The van der Waals surface area contributed by atoms with E-state index in [0.717, 1.165) is 31.0 Å². The van der Waals surface area contributed by atoms with Crippen LogP contribution in [-0.2, 0) is 0 Å². The van der Waals surface area contributed by atoms with Crippen LogP contribution >= 0.6 is 0 Å². The molecule has 0 atom stereocenters. The second-order valence-corrected chi connectivity index (χ2v) is 4.02. The fraction of sp³-hybridized carbons (Fsp3) is 0.583. The number of rotatable bonds is 6. The van der Waals surface area contributed by atoms with Crippen LogP contribution in [0.2, 0.25) is 0 Å². The van der Waals surface area contributed by atoms with Crippen LogP contribution in [0.15, 0.2) is 12.4 Å². The minimum Gasteiger partial charge on any atom is -0.360 e. The average Bonchev–Trinajstić information content (AvgIpc) is 2.36. The third-order valence-electron chi connectivity index (χ3n) is 2.58. The Labute approximate surface area is 103 Å². The Morgan fingerprint density at radius 3 is 2.47 bits per heavy atom. The molecule has 5 nitrogen and oxygen atoms in total. The topological polar surface area (TPSA) is 56.0 Å². The van der Waals surface area contributed by atoms with Crippen molar-refractivity contribution in [3.63, 3.8) is 0 Å². The summed E-state index contributed by atoms with van der Waals surface area (Å²) in [6.45, 7) is 3.48. The molecule has 0 aliphatic carbocycles. The molecule has 5 heteroatoms. The lowest BCUT2D eigenvalue weighted by Gasteiger charge is -2.20. The lowest BCUT2D eigenvalue weighted by molar-refractivity contribution is 0.757.